The van der Waals surface area contributed by atoms with Gasteiger partial charge >= 0.3 is 18.1 Å². The van der Waals surface area contributed by atoms with Gasteiger partial charge in [-0.1, -0.05) is 78.9 Å². The van der Waals surface area contributed by atoms with Gasteiger partial charge in [-0.15, -0.1) is 0 Å². The van der Waals surface area contributed by atoms with E-state index in [-0.39, 0.29) is 22.9 Å². The van der Waals surface area contributed by atoms with Crippen molar-refractivity contribution in [1.29, 1.82) is 0 Å². The minimum atomic E-state index is -5.15. The van der Waals surface area contributed by atoms with Crippen LogP contribution in [0.15, 0.2) is 89.9 Å². The Labute approximate surface area is 240 Å². The van der Waals surface area contributed by atoms with E-state index in [4.69, 9.17) is 5.11 Å². The van der Waals surface area contributed by atoms with Crippen molar-refractivity contribution in [2.75, 3.05) is 11.9 Å². The molecule has 3 N–H and O–H groups in total. The maximum Gasteiger partial charge on any atom is 0.395 e. The first kappa shape index (κ1) is 30.4. The van der Waals surface area contributed by atoms with Gasteiger partial charge in [0.1, 0.15) is 0 Å². The quantitative estimate of drug-likeness (QED) is 0.267. The zero-order valence-electron chi connectivity index (χ0n) is 22.5. The van der Waals surface area contributed by atoms with Crippen LogP contribution in [0.5, 0.6) is 0 Å². The smallest absolute Gasteiger partial charge is 0.395 e. The maximum absolute atomic E-state index is 13.9. The largest absolute Gasteiger partial charge is 0.481 e. The predicted molar refractivity (Wildman–Crippen MR) is 150 cm³/mol. The minimum absolute atomic E-state index is 0.119. The number of hydrogen-bond acceptors (Lipinski definition) is 5. The van der Waals surface area contributed by atoms with E-state index in [1.54, 1.807) is 48.5 Å². The number of benzene rings is 3. The topological polar surface area (TPSA) is 119 Å². The van der Waals surface area contributed by atoms with Gasteiger partial charge < -0.3 is 15.5 Å². The summed E-state index contributed by atoms with van der Waals surface area (Å²) < 4.78 is 41.7. The Morgan fingerprint density at radius 2 is 1.55 bits per heavy atom. The Morgan fingerprint density at radius 1 is 0.929 bits per heavy atom. The molecule has 0 radical (unpaired) electrons. The summed E-state index contributed by atoms with van der Waals surface area (Å²) in [5.74, 6) is -6.81. The number of aliphatic carboxylic acids is 2. The van der Waals surface area contributed by atoms with Crippen LogP contribution in [-0.4, -0.2) is 63.5 Å². The van der Waals surface area contributed by atoms with E-state index in [0.717, 1.165) is 12.0 Å². The lowest BCUT2D eigenvalue weighted by molar-refractivity contribution is -0.192. The van der Waals surface area contributed by atoms with Gasteiger partial charge in [-0.05, 0) is 31.0 Å². The molecule has 0 bridgehead atoms. The highest BCUT2D eigenvalue weighted by Crippen LogP contribution is 2.34. The second-order valence-electron chi connectivity index (χ2n) is 10.0. The Hall–Kier alpha value is -4.51. The van der Waals surface area contributed by atoms with E-state index in [1.807, 2.05) is 30.3 Å². The number of carbonyl (C=O) groups excluding carboxylic acids is 1. The standard InChI is InChI=1S/C31H30F3N3O5/c32-31(33,34)23(18-26(38)39)28(30(41)42)36-27(21-12-5-2-6-13-21)22-14-7-8-15-24(22)35-29(40)25-16-9-17-37(25)19-20-10-3-1-4-11-20/h1-8,10-15,23,25,28H,9,16-19H2,(H,35,40)(H,38,39)(H,41,42). The highest BCUT2D eigenvalue weighted by atomic mass is 19.4. The number of anilines is 1. The normalized spacial score (nSPS) is 17.4. The van der Waals surface area contributed by atoms with Gasteiger partial charge in [-0.25, -0.2) is 4.79 Å². The number of likely N-dealkylation sites (tertiary alicyclic amines) is 1. The first-order valence-corrected chi connectivity index (χ1v) is 13.4. The van der Waals surface area contributed by atoms with E-state index < -0.39 is 42.5 Å². The van der Waals surface area contributed by atoms with Crippen molar-refractivity contribution in [2.45, 2.75) is 44.1 Å². The van der Waals surface area contributed by atoms with Crippen molar-refractivity contribution in [3.05, 3.63) is 102 Å². The lowest BCUT2D eigenvalue weighted by atomic mass is 9.94. The van der Waals surface area contributed by atoms with Gasteiger partial charge in [-0.2, -0.15) is 13.2 Å². The number of carbonyl (C=O) groups is 3. The number of nitrogens with zero attached hydrogens (tertiary/aromatic N) is 2. The fourth-order valence-electron chi connectivity index (χ4n) is 5.09. The minimum Gasteiger partial charge on any atom is -0.481 e. The number of rotatable bonds is 11. The molecule has 3 unspecified atom stereocenters. The molecule has 3 atom stereocenters. The molecule has 8 nitrogen and oxygen atoms in total. The number of hydrogen-bond donors (Lipinski definition) is 3. The van der Waals surface area contributed by atoms with Crippen LogP contribution in [-0.2, 0) is 20.9 Å². The van der Waals surface area contributed by atoms with Crippen LogP contribution in [0, 0.1) is 5.92 Å². The van der Waals surface area contributed by atoms with Crippen LogP contribution in [0.1, 0.15) is 36.0 Å². The number of nitrogens with one attached hydrogen (secondary N) is 1. The molecule has 3 aromatic carbocycles. The third-order valence-corrected chi connectivity index (χ3v) is 7.10. The average molecular weight is 582 g/mol. The summed E-state index contributed by atoms with van der Waals surface area (Å²) in [4.78, 5) is 43.0. The monoisotopic (exact) mass is 581 g/mol. The van der Waals surface area contributed by atoms with Crippen LogP contribution in [0.2, 0.25) is 0 Å². The molecule has 0 aromatic heterocycles. The molecule has 4 rings (SSSR count). The number of halogens is 3. The molecule has 1 heterocycles. The molecular weight excluding hydrogens is 551 g/mol. The van der Waals surface area contributed by atoms with Gasteiger partial charge in [-0.3, -0.25) is 19.5 Å². The maximum atomic E-state index is 13.9. The third kappa shape index (κ3) is 7.61. The number of para-hydroxylation sites is 1. The summed E-state index contributed by atoms with van der Waals surface area (Å²) in [6.07, 6.45) is -5.19. The van der Waals surface area contributed by atoms with Crippen molar-refractivity contribution < 1.29 is 37.8 Å². The Balaban J connectivity index is 1.72. The van der Waals surface area contributed by atoms with Crippen LogP contribution in [0.4, 0.5) is 18.9 Å². The van der Waals surface area contributed by atoms with E-state index in [2.05, 4.69) is 15.2 Å². The average Bonchev–Trinajstić information content (AvgIpc) is 3.42. The van der Waals surface area contributed by atoms with Crippen LogP contribution in [0.3, 0.4) is 0 Å². The Morgan fingerprint density at radius 3 is 2.17 bits per heavy atom. The zero-order chi connectivity index (χ0) is 30.3. The van der Waals surface area contributed by atoms with Crippen LogP contribution in [0.25, 0.3) is 0 Å². The lowest BCUT2D eigenvalue weighted by Crippen LogP contribution is -2.40. The number of aliphatic imine (C=N–C) groups is 1. The summed E-state index contributed by atoms with van der Waals surface area (Å²) in [6.45, 7) is 1.29. The zero-order valence-corrected chi connectivity index (χ0v) is 22.5. The molecule has 0 aliphatic carbocycles. The molecule has 1 aliphatic rings. The molecule has 1 saturated heterocycles. The van der Waals surface area contributed by atoms with Gasteiger partial charge in [0, 0.05) is 17.7 Å². The summed E-state index contributed by atoms with van der Waals surface area (Å²) in [5, 5.41) is 21.8. The first-order valence-electron chi connectivity index (χ1n) is 13.4. The Bertz CT molecular complexity index is 1430. The highest BCUT2D eigenvalue weighted by Gasteiger charge is 2.49. The third-order valence-electron chi connectivity index (χ3n) is 7.10. The fourth-order valence-corrected chi connectivity index (χ4v) is 5.09. The second-order valence-corrected chi connectivity index (χ2v) is 10.0. The van der Waals surface area contributed by atoms with E-state index in [9.17, 15) is 32.7 Å². The summed E-state index contributed by atoms with van der Waals surface area (Å²) >= 11 is 0. The number of amides is 1. The van der Waals surface area contributed by atoms with Gasteiger partial charge in [0.25, 0.3) is 0 Å². The van der Waals surface area contributed by atoms with Crippen molar-refractivity contribution in [3.63, 3.8) is 0 Å². The molecule has 11 heteroatoms. The molecule has 1 amide bonds. The number of alkyl halides is 3. The SMILES string of the molecule is O=C(O)CC(C(N=C(c1ccccc1)c1ccccc1NC(=O)C1CCCN1Cc1ccccc1)C(=O)O)C(F)(F)F. The van der Waals surface area contributed by atoms with Crippen molar-refractivity contribution >= 4 is 29.2 Å². The van der Waals surface area contributed by atoms with E-state index in [1.165, 1.54) is 6.07 Å². The highest BCUT2D eigenvalue weighted by molar-refractivity contribution is 6.17. The van der Waals surface area contributed by atoms with Crippen molar-refractivity contribution in [3.8, 4) is 0 Å². The number of carboxylic acids is 2. The molecular formula is C31H30F3N3O5. The summed E-state index contributed by atoms with van der Waals surface area (Å²) in [6, 6.07) is 21.1. The molecule has 0 saturated carbocycles. The summed E-state index contributed by atoms with van der Waals surface area (Å²) in [5.41, 5.74) is 1.67. The van der Waals surface area contributed by atoms with Gasteiger partial charge in [0.05, 0.1) is 29.8 Å². The van der Waals surface area contributed by atoms with E-state index in [0.29, 0.717) is 25.1 Å². The van der Waals surface area contributed by atoms with Crippen molar-refractivity contribution in [1.82, 2.24) is 4.90 Å². The van der Waals surface area contributed by atoms with Crippen LogP contribution >= 0.6 is 0 Å². The summed E-state index contributed by atoms with van der Waals surface area (Å²) in [7, 11) is 0. The molecule has 220 valence electrons. The van der Waals surface area contributed by atoms with Crippen LogP contribution < -0.4 is 5.32 Å². The Kier molecular flexibility index (Phi) is 9.74. The lowest BCUT2D eigenvalue weighted by Gasteiger charge is -2.25. The van der Waals surface area contributed by atoms with Crippen molar-refractivity contribution in [2.24, 2.45) is 10.9 Å². The van der Waals surface area contributed by atoms with Gasteiger partial charge in [0.2, 0.25) is 5.91 Å². The molecule has 0 spiro atoms. The molecule has 42 heavy (non-hydrogen) atoms. The molecule has 1 aliphatic heterocycles. The van der Waals surface area contributed by atoms with E-state index >= 15 is 0 Å². The molecule has 1 fully saturated rings. The predicted octanol–water partition coefficient (Wildman–Crippen LogP) is 5.23. The first-order chi connectivity index (χ1) is 20.0. The van der Waals surface area contributed by atoms with Gasteiger partial charge in [0.15, 0.2) is 6.04 Å². The fraction of sp³-hybridized carbons (Fsp3) is 0.290. The molecule has 3 aromatic rings. The second kappa shape index (κ2) is 13.4. The number of carboxylic acid groups (broad SMARTS) is 2.